The second-order valence-corrected chi connectivity index (χ2v) is 6.56. The Morgan fingerprint density at radius 3 is 2.39 bits per heavy atom. The molecule has 0 saturated heterocycles. The monoisotopic (exact) mass is 313 g/mol. The number of alkyl halides is 3. The average molecular weight is 315 g/mol. The van der Waals surface area contributed by atoms with E-state index in [2.05, 4.69) is 6.92 Å². The summed E-state index contributed by atoms with van der Waals surface area (Å²) in [6.45, 7) is 3.30. The number of nitrogens with zero attached hydrogens (tertiary/aromatic N) is 1. The summed E-state index contributed by atoms with van der Waals surface area (Å²) in [7, 11) is 0. The molecule has 0 aromatic heterocycles. The van der Waals surface area contributed by atoms with Crippen molar-refractivity contribution < 1.29 is 4.74 Å². The average Bonchev–Trinajstić information content (AvgIpc) is 2.32. The fourth-order valence-electron chi connectivity index (χ4n) is 1.58. The number of hydrogen-bond donors (Lipinski definition) is 0. The van der Waals surface area contributed by atoms with Crippen molar-refractivity contribution in [2.75, 3.05) is 13.2 Å². The summed E-state index contributed by atoms with van der Waals surface area (Å²) in [6.07, 6.45) is 7.61. The van der Waals surface area contributed by atoms with Crippen LogP contribution in [0.2, 0.25) is 0 Å². The maximum Gasteiger partial charge on any atom is 0.204 e. The van der Waals surface area contributed by atoms with E-state index in [1.165, 1.54) is 32.1 Å². The van der Waals surface area contributed by atoms with Crippen LogP contribution in [-0.4, -0.2) is 22.9 Å². The zero-order valence-corrected chi connectivity index (χ0v) is 13.2. The van der Waals surface area contributed by atoms with Crippen LogP contribution in [0.25, 0.3) is 0 Å². The molecule has 0 rings (SSSR count). The largest absolute Gasteiger partial charge is 0.380 e. The van der Waals surface area contributed by atoms with Crippen LogP contribution in [0.15, 0.2) is 0 Å². The smallest absolute Gasteiger partial charge is 0.204 e. The first kappa shape index (κ1) is 18.3. The quantitative estimate of drug-likeness (QED) is 0.394. The molecule has 5 heteroatoms. The van der Waals surface area contributed by atoms with E-state index in [4.69, 9.17) is 44.8 Å². The Morgan fingerprint density at radius 2 is 1.78 bits per heavy atom. The van der Waals surface area contributed by atoms with E-state index < -0.39 is 4.33 Å². The van der Waals surface area contributed by atoms with Crippen molar-refractivity contribution in [2.45, 2.75) is 61.6 Å². The number of halogens is 3. The van der Waals surface area contributed by atoms with Crippen molar-refractivity contribution in [3.8, 4) is 6.07 Å². The van der Waals surface area contributed by atoms with E-state index in [1.54, 1.807) is 6.07 Å². The van der Waals surface area contributed by atoms with Gasteiger partial charge in [0.05, 0.1) is 12.0 Å². The number of ether oxygens (including phenoxy) is 1. The second-order valence-electron chi connectivity index (χ2n) is 4.46. The molecule has 0 aliphatic rings. The minimum absolute atomic E-state index is 0.213. The van der Waals surface area contributed by atoms with E-state index in [-0.39, 0.29) is 11.8 Å². The molecule has 18 heavy (non-hydrogen) atoms. The molecule has 0 heterocycles. The highest BCUT2D eigenvalue weighted by Crippen LogP contribution is 2.27. The lowest BCUT2D eigenvalue weighted by Crippen LogP contribution is -2.20. The van der Waals surface area contributed by atoms with Crippen LogP contribution in [0.5, 0.6) is 0 Å². The summed E-state index contributed by atoms with van der Waals surface area (Å²) < 4.78 is 4.03. The van der Waals surface area contributed by atoms with Crippen LogP contribution in [0.1, 0.15) is 51.9 Å². The third-order valence-electron chi connectivity index (χ3n) is 2.58. The van der Waals surface area contributed by atoms with E-state index in [0.717, 1.165) is 6.42 Å². The second kappa shape index (κ2) is 11.2. The van der Waals surface area contributed by atoms with Gasteiger partial charge in [0.2, 0.25) is 4.33 Å². The van der Waals surface area contributed by atoms with Crippen molar-refractivity contribution in [1.82, 2.24) is 0 Å². The minimum atomic E-state index is -1.41. The highest BCUT2D eigenvalue weighted by Gasteiger charge is 2.27. The maximum atomic E-state index is 8.64. The third kappa shape index (κ3) is 11.4. The van der Waals surface area contributed by atoms with Crippen molar-refractivity contribution >= 4 is 34.8 Å². The van der Waals surface area contributed by atoms with Gasteiger partial charge in [-0.15, -0.1) is 11.6 Å². The van der Waals surface area contributed by atoms with Gasteiger partial charge in [-0.1, -0.05) is 62.2 Å². The van der Waals surface area contributed by atoms with E-state index in [1.807, 2.05) is 0 Å². The Hall–Kier alpha value is 0.320. The first-order valence-electron chi connectivity index (χ1n) is 6.52. The SMILES string of the molecule is CCCCCCCCOCC(Cl)CC(Cl)(Cl)C#N. The van der Waals surface area contributed by atoms with Crippen molar-refractivity contribution in [3.63, 3.8) is 0 Å². The molecule has 1 atom stereocenters. The van der Waals surface area contributed by atoms with Gasteiger partial charge < -0.3 is 4.74 Å². The van der Waals surface area contributed by atoms with E-state index in [0.29, 0.717) is 13.2 Å². The topological polar surface area (TPSA) is 33.0 Å². The number of rotatable bonds is 11. The zero-order valence-electron chi connectivity index (χ0n) is 10.9. The summed E-state index contributed by atoms with van der Waals surface area (Å²) in [4.78, 5) is 0. The molecule has 0 aromatic carbocycles. The maximum absolute atomic E-state index is 8.64. The highest BCUT2D eigenvalue weighted by molar-refractivity contribution is 6.50. The van der Waals surface area contributed by atoms with Gasteiger partial charge >= 0.3 is 0 Å². The van der Waals surface area contributed by atoms with Crippen LogP contribution >= 0.6 is 34.8 Å². The highest BCUT2D eigenvalue weighted by atomic mass is 35.5. The predicted octanol–water partition coefficient (Wildman–Crippen LogP) is 5.06. The number of unbranched alkanes of at least 4 members (excludes halogenated alkanes) is 5. The summed E-state index contributed by atoms with van der Waals surface area (Å²) in [6, 6.07) is 1.79. The van der Waals surface area contributed by atoms with Crippen molar-refractivity contribution in [1.29, 1.82) is 5.26 Å². The predicted molar refractivity (Wildman–Crippen MR) is 78.5 cm³/mol. The molecule has 0 radical (unpaired) electrons. The number of hydrogen-bond acceptors (Lipinski definition) is 2. The Kier molecular flexibility index (Phi) is 11.4. The Labute approximate surface area is 126 Å². The van der Waals surface area contributed by atoms with Crippen molar-refractivity contribution in [2.24, 2.45) is 0 Å². The van der Waals surface area contributed by atoms with Crippen LogP contribution in [0.4, 0.5) is 0 Å². The third-order valence-corrected chi connectivity index (χ3v) is 3.34. The molecular weight excluding hydrogens is 293 g/mol. The number of nitriles is 1. The molecular formula is C13H22Cl3NO. The van der Waals surface area contributed by atoms with Gasteiger partial charge in [-0.25, -0.2) is 0 Å². The molecule has 0 spiro atoms. The molecule has 0 aromatic rings. The van der Waals surface area contributed by atoms with Gasteiger partial charge in [0, 0.05) is 13.0 Å². The van der Waals surface area contributed by atoms with Gasteiger partial charge in [0.1, 0.15) is 6.07 Å². The summed E-state index contributed by atoms with van der Waals surface area (Å²) in [5.74, 6) is 0. The molecule has 0 aliphatic carbocycles. The molecule has 0 saturated carbocycles. The van der Waals surface area contributed by atoms with Gasteiger partial charge in [-0.3, -0.25) is 0 Å². The van der Waals surface area contributed by atoms with Gasteiger partial charge in [-0.05, 0) is 6.42 Å². The molecule has 2 nitrogen and oxygen atoms in total. The molecule has 0 bridgehead atoms. The fourth-order valence-corrected chi connectivity index (χ4v) is 2.43. The first-order chi connectivity index (χ1) is 8.52. The molecule has 0 fully saturated rings. The van der Waals surface area contributed by atoms with E-state index in [9.17, 15) is 0 Å². The molecule has 1 unspecified atom stereocenters. The molecule has 106 valence electrons. The molecule has 0 aliphatic heterocycles. The van der Waals surface area contributed by atoms with E-state index >= 15 is 0 Å². The lowest BCUT2D eigenvalue weighted by Gasteiger charge is -2.15. The van der Waals surface area contributed by atoms with Crippen LogP contribution < -0.4 is 0 Å². The van der Waals surface area contributed by atoms with Crippen LogP contribution in [-0.2, 0) is 4.74 Å². The van der Waals surface area contributed by atoms with Gasteiger partial charge in [-0.2, -0.15) is 5.26 Å². The normalized spacial score (nSPS) is 13.3. The minimum Gasteiger partial charge on any atom is -0.380 e. The first-order valence-corrected chi connectivity index (χ1v) is 7.72. The van der Waals surface area contributed by atoms with Crippen molar-refractivity contribution in [3.05, 3.63) is 0 Å². The Bertz CT molecular complexity index is 241. The summed E-state index contributed by atoms with van der Waals surface area (Å²) >= 11 is 17.4. The van der Waals surface area contributed by atoms with Gasteiger partial charge in [0.25, 0.3) is 0 Å². The Morgan fingerprint density at radius 1 is 1.17 bits per heavy atom. The standard InChI is InChI=1S/C13H22Cl3NO/c1-2-3-4-5-6-7-8-18-10-12(14)9-13(15,16)11-17/h12H,2-10H2,1H3. The summed E-state index contributed by atoms with van der Waals surface area (Å²) in [5, 5.41) is 8.32. The lowest BCUT2D eigenvalue weighted by molar-refractivity contribution is 0.128. The molecule has 0 amide bonds. The fraction of sp³-hybridized carbons (Fsp3) is 0.923. The Balaban J connectivity index is 3.36. The lowest BCUT2D eigenvalue weighted by atomic mass is 10.1. The van der Waals surface area contributed by atoms with Crippen LogP contribution in [0.3, 0.4) is 0 Å². The summed E-state index contributed by atoms with van der Waals surface area (Å²) in [5.41, 5.74) is 0. The van der Waals surface area contributed by atoms with Gasteiger partial charge in [0.15, 0.2) is 0 Å². The molecule has 0 N–H and O–H groups in total. The van der Waals surface area contributed by atoms with Crippen LogP contribution in [0, 0.1) is 11.3 Å². The zero-order chi connectivity index (χ0) is 13.9.